The third kappa shape index (κ3) is 3.48. The van der Waals surface area contributed by atoms with Crippen LogP contribution in [0.2, 0.25) is 0 Å². The van der Waals surface area contributed by atoms with Crippen molar-refractivity contribution in [2.24, 2.45) is 0 Å². The van der Waals surface area contributed by atoms with Crippen molar-refractivity contribution in [3.05, 3.63) is 29.6 Å². The van der Waals surface area contributed by atoms with Gasteiger partial charge in [0, 0.05) is 37.7 Å². The number of piperidine rings is 1. The number of phenolic OH excluding ortho intramolecular Hbond substituents is 1. The second-order valence-corrected chi connectivity index (χ2v) is 5.39. The molecule has 1 unspecified atom stereocenters. The topological polar surface area (TPSA) is 52.6 Å². The maximum atomic E-state index is 13.3. The number of hydrogen-bond donors (Lipinski definition) is 2. The summed E-state index contributed by atoms with van der Waals surface area (Å²) in [6, 6.07) is 4.22. The lowest BCUT2D eigenvalue weighted by atomic mass is 9.99. The molecule has 2 rings (SSSR count). The minimum atomic E-state index is -0.335. The summed E-state index contributed by atoms with van der Waals surface area (Å²) < 4.78 is 13.3. The molecule has 0 spiro atoms. The molecule has 1 heterocycles. The molecule has 1 amide bonds. The zero-order chi connectivity index (χ0) is 14.7. The Morgan fingerprint density at radius 3 is 2.70 bits per heavy atom. The summed E-state index contributed by atoms with van der Waals surface area (Å²) in [6.45, 7) is 5.14. The van der Waals surface area contributed by atoms with Crippen molar-refractivity contribution in [1.29, 1.82) is 0 Å². The molecule has 0 bridgehead atoms. The summed E-state index contributed by atoms with van der Waals surface area (Å²) in [7, 11) is 0. The molecule has 1 fully saturated rings. The van der Waals surface area contributed by atoms with Crippen LogP contribution < -0.4 is 5.32 Å². The Bertz CT molecular complexity index is 485. The van der Waals surface area contributed by atoms with Crippen LogP contribution in [0.5, 0.6) is 5.75 Å². The van der Waals surface area contributed by atoms with Crippen LogP contribution in [0, 0.1) is 5.82 Å². The second kappa shape index (κ2) is 6.22. The summed E-state index contributed by atoms with van der Waals surface area (Å²) >= 11 is 0. The lowest BCUT2D eigenvalue weighted by Crippen LogP contribution is -2.44. The Balaban J connectivity index is 1.99. The lowest BCUT2D eigenvalue weighted by molar-refractivity contribution is -0.120. The van der Waals surface area contributed by atoms with Gasteiger partial charge in [-0.25, -0.2) is 4.39 Å². The number of nitrogens with zero attached hydrogens (tertiary/aromatic N) is 1. The molecule has 4 nitrogen and oxygen atoms in total. The Morgan fingerprint density at radius 2 is 2.10 bits per heavy atom. The van der Waals surface area contributed by atoms with Gasteiger partial charge in [0.15, 0.2) is 0 Å². The number of benzene rings is 1. The van der Waals surface area contributed by atoms with Crippen LogP contribution in [0.4, 0.5) is 4.39 Å². The smallest absolute Gasteiger partial charge is 0.217 e. The van der Waals surface area contributed by atoms with Gasteiger partial charge in [-0.2, -0.15) is 0 Å². The summed E-state index contributed by atoms with van der Waals surface area (Å²) in [5, 5.41) is 12.8. The van der Waals surface area contributed by atoms with Crippen LogP contribution in [0.1, 0.15) is 38.3 Å². The van der Waals surface area contributed by atoms with E-state index in [1.54, 1.807) is 0 Å². The lowest BCUT2D eigenvalue weighted by Gasteiger charge is -2.36. The molecule has 20 heavy (non-hydrogen) atoms. The normalized spacial score (nSPS) is 18.8. The predicted octanol–water partition coefficient (Wildman–Crippen LogP) is 2.19. The Morgan fingerprint density at radius 1 is 1.45 bits per heavy atom. The predicted molar refractivity (Wildman–Crippen MR) is 74.9 cm³/mol. The molecule has 5 heteroatoms. The molecule has 1 atom stereocenters. The molecule has 1 aromatic rings. The maximum absolute atomic E-state index is 13.3. The minimum Gasteiger partial charge on any atom is -0.508 e. The van der Waals surface area contributed by atoms with Crippen molar-refractivity contribution in [2.45, 2.75) is 38.8 Å². The Labute approximate surface area is 118 Å². The number of nitrogens with one attached hydrogen (secondary N) is 1. The molecule has 1 saturated heterocycles. The number of halogens is 1. The van der Waals surface area contributed by atoms with Crippen molar-refractivity contribution in [3.8, 4) is 5.75 Å². The van der Waals surface area contributed by atoms with Gasteiger partial charge < -0.3 is 10.4 Å². The Kier molecular flexibility index (Phi) is 4.60. The molecule has 110 valence electrons. The fraction of sp³-hybridized carbons (Fsp3) is 0.533. The first-order valence-corrected chi connectivity index (χ1v) is 6.97. The first-order chi connectivity index (χ1) is 9.47. The molecule has 1 aromatic carbocycles. The van der Waals surface area contributed by atoms with Gasteiger partial charge >= 0.3 is 0 Å². The first kappa shape index (κ1) is 14.8. The highest BCUT2D eigenvalue weighted by atomic mass is 19.1. The van der Waals surface area contributed by atoms with Crippen LogP contribution in [0.3, 0.4) is 0 Å². The van der Waals surface area contributed by atoms with E-state index in [0.29, 0.717) is 5.56 Å². The standard InChI is InChI=1S/C15H21FN2O2/c1-10(14-9-12(16)3-4-15(14)20)18-7-5-13(6-8-18)17-11(2)19/h3-4,9-10,13,20H,5-8H2,1-2H3,(H,17,19). The molecular formula is C15H21FN2O2. The van der Waals surface area contributed by atoms with Crippen LogP contribution in [-0.2, 0) is 4.79 Å². The van der Waals surface area contributed by atoms with Gasteiger partial charge in [-0.05, 0) is 38.0 Å². The number of aromatic hydroxyl groups is 1. The number of amides is 1. The highest BCUT2D eigenvalue weighted by Gasteiger charge is 2.25. The van der Waals surface area contributed by atoms with Crippen molar-refractivity contribution in [2.75, 3.05) is 13.1 Å². The zero-order valence-electron chi connectivity index (χ0n) is 11.9. The van der Waals surface area contributed by atoms with E-state index in [9.17, 15) is 14.3 Å². The van der Waals surface area contributed by atoms with E-state index in [1.807, 2.05) is 6.92 Å². The quantitative estimate of drug-likeness (QED) is 0.892. The average molecular weight is 280 g/mol. The molecular weight excluding hydrogens is 259 g/mol. The Hall–Kier alpha value is -1.62. The molecule has 0 radical (unpaired) electrons. The highest BCUT2D eigenvalue weighted by molar-refractivity contribution is 5.73. The van der Waals surface area contributed by atoms with Crippen LogP contribution >= 0.6 is 0 Å². The van der Waals surface area contributed by atoms with Gasteiger partial charge in [-0.3, -0.25) is 9.69 Å². The van der Waals surface area contributed by atoms with E-state index in [4.69, 9.17) is 0 Å². The number of hydrogen-bond acceptors (Lipinski definition) is 3. The minimum absolute atomic E-state index is 0.000673. The number of carbonyl (C=O) groups excluding carboxylic acids is 1. The number of carbonyl (C=O) groups is 1. The maximum Gasteiger partial charge on any atom is 0.217 e. The van der Waals surface area contributed by atoms with Crippen molar-refractivity contribution in [3.63, 3.8) is 0 Å². The van der Waals surface area contributed by atoms with Crippen molar-refractivity contribution >= 4 is 5.91 Å². The van der Waals surface area contributed by atoms with Crippen LogP contribution in [0.15, 0.2) is 18.2 Å². The van der Waals surface area contributed by atoms with Crippen LogP contribution in [0.25, 0.3) is 0 Å². The van der Waals surface area contributed by atoms with E-state index in [0.717, 1.165) is 25.9 Å². The van der Waals surface area contributed by atoms with Crippen molar-refractivity contribution < 1.29 is 14.3 Å². The number of likely N-dealkylation sites (tertiary alicyclic amines) is 1. The van der Waals surface area contributed by atoms with Gasteiger partial charge in [-0.15, -0.1) is 0 Å². The fourth-order valence-corrected chi connectivity index (χ4v) is 2.78. The number of rotatable bonds is 3. The van der Waals surface area contributed by atoms with Gasteiger partial charge in [0.2, 0.25) is 5.91 Å². The molecule has 1 aliphatic rings. The van der Waals surface area contributed by atoms with Crippen molar-refractivity contribution in [1.82, 2.24) is 10.2 Å². The van der Waals surface area contributed by atoms with E-state index >= 15 is 0 Å². The third-order valence-corrected chi connectivity index (χ3v) is 3.92. The molecule has 1 aliphatic heterocycles. The number of phenols is 1. The largest absolute Gasteiger partial charge is 0.508 e. The van der Waals surface area contributed by atoms with E-state index in [2.05, 4.69) is 10.2 Å². The third-order valence-electron chi connectivity index (χ3n) is 3.92. The summed E-state index contributed by atoms with van der Waals surface area (Å²) in [5.41, 5.74) is 0.614. The fourth-order valence-electron chi connectivity index (χ4n) is 2.78. The van der Waals surface area contributed by atoms with E-state index in [-0.39, 0.29) is 29.6 Å². The van der Waals surface area contributed by atoms with Crippen LogP contribution in [-0.4, -0.2) is 35.0 Å². The summed E-state index contributed by atoms with van der Waals surface area (Å²) in [6.07, 6.45) is 1.75. The molecule has 0 saturated carbocycles. The molecule has 0 aromatic heterocycles. The first-order valence-electron chi connectivity index (χ1n) is 6.97. The zero-order valence-corrected chi connectivity index (χ0v) is 11.9. The van der Waals surface area contributed by atoms with Gasteiger partial charge in [0.1, 0.15) is 11.6 Å². The summed E-state index contributed by atoms with van der Waals surface area (Å²) in [4.78, 5) is 13.2. The van der Waals surface area contributed by atoms with E-state index < -0.39 is 0 Å². The molecule has 2 N–H and O–H groups in total. The van der Waals surface area contributed by atoms with Gasteiger partial charge in [0.05, 0.1) is 0 Å². The summed E-state index contributed by atoms with van der Waals surface area (Å²) in [5.74, 6) is -0.208. The van der Waals surface area contributed by atoms with Gasteiger partial charge in [0.25, 0.3) is 0 Å². The van der Waals surface area contributed by atoms with E-state index in [1.165, 1.54) is 25.1 Å². The van der Waals surface area contributed by atoms with Gasteiger partial charge in [-0.1, -0.05) is 0 Å². The molecule has 0 aliphatic carbocycles. The average Bonchev–Trinajstić information content (AvgIpc) is 2.41. The SMILES string of the molecule is CC(=O)NC1CCN(C(C)c2cc(F)ccc2O)CC1. The highest BCUT2D eigenvalue weighted by Crippen LogP contribution is 2.30. The second-order valence-electron chi connectivity index (χ2n) is 5.39. The monoisotopic (exact) mass is 280 g/mol.